The van der Waals surface area contributed by atoms with Crippen LogP contribution in [-0.2, 0) is 15.9 Å². The fourth-order valence-electron chi connectivity index (χ4n) is 5.75. The van der Waals surface area contributed by atoms with Gasteiger partial charge in [0.15, 0.2) is 12.4 Å². The van der Waals surface area contributed by atoms with Crippen molar-refractivity contribution in [2.45, 2.75) is 45.8 Å². The Balaban J connectivity index is 1.18. The minimum Gasteiger partial charge on any atom is -0.467 e. The number of methoxy groups -OCH3 is 1. The molecule has 6 rings (SSSR count). The van der Waals surface area contributed by atoms with Crippen LogP contribution in [0.1, 0.15) is 45.0 Å². The van der Waals surface area contributed by atoms with Crippen molar-refractivity contribution >= 4 is 28.8 Å². The van der Waals surface area contributed by atoms with E-state index in [-0.39, 0.29) is 18.9 Å². The van der Waals surface area contributed by atoms with Gasteiger partial charge in [-0.2, -0.15) is 0 Å². The van der Waals surface area contributed by atoms with E-state index < -0.39 is 5.60 Å². The van der Waals surface area contributed by atoms with Crippen LogP contribution in [0.15, 0.2) is 42.7 Å². The molecule has 1 aromatic carbocycles. The van der Waals surface area contributed by atoms with Crippen LogP contribution < -0.4 is 14.5 Å². The number of benzene rings is 1. The number of fused-ring (bicyclic) bond motifs is 3. The van der Waals surface area contributed by atoms with E-state index in [0.717, 1.165) is 46.6 Å². The summed E-state index contributed by atoms with van der Waals surface area (Å²) in [6, 6.07) is 9.86. The fraction of sp³-hybridized carbons (Fsp3) is 0.452. The molecule has 1 atom stereocenters. The molecule has 4 aromatic rings. The highest BCUT2D eigenvalue weighted by Gasteiger charge is 2.31. The Morgan fingerprint density at radius 1 is 1.05 bits per heavy atom. The number of nitrogens with zero attached hydrogens (tertiary/aromatic N) is 7. The highest BCUT2D eigenvalue weighted by molar-refractivity contribution is 5.86. The Labute approximate surface area is 251 Å². The van der Waals surface area contributed by atoms with Crippen LogP contribution in [0.25, 0.3) is 22.3 Å². The Hall–Kier alpha value is -4.45. The van der Waals surface area contributed by atoms with Gasteiger partial charge in [-0.15, -0.1) is 10.2 Å². The van der Waals surface area contributed by atoms with Gasteiger partial charge in [0.25, 0.3) is 0 Å². The number of nitrogens with one attached hydrogen (secondary N) is 1. The van der Waals surface area contributed by atoms with Crippen LogP contribution in [0.2, 0.25) is 0 Å². The summed E-state index contributed by atoms with van der Waals surface area (Å²) in [5.41, 5.74) is 5.13. The average Bonchev–Trinajstić information content (AvgIpc) is 3.38. The van der Waals surface area contributed by atoms with Crippen LogP contribution in [0, 0.1) is 0 Å². The lowest BCUT2D eigenvalue weighted by atomic mass is 9.97. The highest BCUT2D eigenvalue weighted by Crippen LogP contribution is 2.38. The number of aromatic nitrogens is 5. The molecule has 12 nitrogen and oxygen atoms in total. The van der Waals surface area contributed by atoms with Gasteiger partial charge in [0.2, 0.25) is 5.95 Å². The van der Waals surface area contributed by atoms with Crippen molar-refractivity contribution in [1.29, 1.82) is 0 Å². The second-order valence-electron chi connectivity index (χ2n) is 11.9. The molecular formula is C31H38N8O4. The molecule has 0 aliphatic carbocycles. The van der Waals surface area contributed by atoms with Crippen molar-refractivity contribution in [3.05, 3.63) is 54.0 Å². The van der Waals surface area contributed by atoms with E-state index in [4.69, 9.17) is 24.2 Å². The van der Waals surface area contributed by atoms with Gasteiger partial charge < -0.3 is 33.9 Å². The number of hydrogen-bond acceptors (Lipinski definition) is 10. The number of carbonyl (C=O) groups is 1. The van der Waals surface area contributed by atoms with Crippen molar-refractivity contribution in [1.82, 2.24) is 30.0 Å². The standard InChI is InChI=1S/C31H38N8O4/c1-20-27-23-16-25(22-8-6-7-9-26(22)42-19-41-5)35-36-28(23)34-24(27)10-11-39(20)29-32-17-21(18-33-29)37-12-14-38(15-13-37)30(40)43-31(2,3)4/h6-9,16-18,20H,10-15,19H2,1-5H3,(H,34,36)/t20-/m1/s1. The Bertz CT molecular complexity index is 1590. The molecule has 0 radical (unpaired) electrons. The topological polar surface area (TPSA) is 122 Å². The second kappa shape index (κ2) is 11.7. The normalized spacial score (nSPS) is 17.2. The first kappa shape index (κ1) is 28.7. The molecule has 226 valence electrons. The molecule has 1 N–H and O–H groups in total. The molecule has 2 aliphatic rings. The van der Waals surface area contributed by atoms with E-state index in [2.05, 4.69) is 38.0 Å². The van der Waals surface area contributed by atoms with Gasteiger partial charge in [-0.05, 0) is 45.9 Å². The van der Waals surface area contributed by atoms with Gasteiger partial charge in [0.05, 0.1) is 29.8 Å². The summed E-state index contributed by atoms with van der Waals surface area (Å²) in [4.78, 5) is 31.7. The first-order valence-electron chi connectivity index (χ1n) is 14.6. The number of carbonyl (C=O) groups excluding carboxylic acids is 1. The number of piperazine rings is 1. The van der Waals surface area contributed by atoms with E-state index in [1.54, 1.807) is 12.0 Å². The molecule has 2 aliphatic heterocycles. The van der Waals surface area contributed by atoms with Crippen LogP contribution in [0.5, 0.6) is 5.75 Å². The third kappa shape index (κ3) is 5.92. The Kier molecular flexibility index (Phi) is 7.78. The van der Waals surface area contributed by atoms with Crippen LogP contribution in [0.4, 0.5) is 16.4 Å². The maximum absolute atomic E-state index is 12.4. The van der Waals surface area contributed by atoms with Crippen molar-refractivity contribution in [2.24, 2.45) is 0 Å². The number of hydrogen-bond donors (Lipinski definition) is 1. The third-order valence-corrected chi connectivity index (χ3v) is 7.84. The van der Waals surface area contributed by atoms with Crippen molar-refractivity contribution < 1.29 is 19.0 Å². The van der Waals surface area contributed by atoms with E-state index in [0.29, 0.717) is 37.9 Å². The van der Waals surface area contributed by atoms with Gasteiger partial charge in [-0.25, -0.2) is 14.8 Å². The van der Waals surface area contributed by atoms with Gasteiger partial charge >= 0.3 is 6.09 Å². The molecule has 1 fully saturated rings. The average molecular weight is 587 g/mol. The van der Waals surface area contributed by atoms with Crippen molar-refractivity contribution in [3.8, 4) is 17.0 Å². The smallest absolute Gasteiger partial charge is 0.410 e. The molecule has 43 heavy (non-hydrogen) atoms. The van der Waals surface area contributed by atoms with Crippen molar-refractivity contribution in [3.63, 3.8) is 0 Å². The SMILES string of the molecule is COCOc1ccccc1-c1cc2c3c([nH]c2nn1)CCN(c1ncc(N2CCN(C(=O)OC(C)(C)C)CC2)cn1)[C@@H]3C. The zero-order chi connectivity index (χ0) is 30.1. The minimum atomic E-state index is -0.503. The first-order valence-corrected chi connectivity index (χ1v) is 14.6. The number of H-pyrrole nitrogens is 1. The van der Waals surface area contributed by atoms with E-state index in [1.165, 1.54) is 5.56 Å². The maximum atomic E-state index is 12.4. The van der Waals surface area contributed by atoms with Gasteiger partial charge in [-0.3, -0.25) is 0 Å². The summed E-state index contributed by atoms with van der Waals surface area (Å²) in [6.45, 7) is 11.3. The minimum absolute atomic E-state index is 0.0257. The number of rotatable bonds is 6. The number of anilines is 2. The summed E-state index contributed by atoms with van der Waals surface area (Å²) in [5, 5.41) is 10.1. The number of ether oxygens (including phenoxy) is 3. The van der Waals surface area contributed by atoms with Gasteiger partial charge in [0.1, 0.15) is 11.4 Å². The molecule has 12 heteroatoms. The molecule has 0 spiro atoms. The lowest BCUT2D eigenvalue weighted by Gasteiger charge is -2.37. The number of aromatic amines is 1. The van der Waals surface area contributed by atoms with E-state index >= 15 is 0 Å². The summed E-state index contributed by atoms with van der Waals surface area (Å²) in [6.07, 6.45) is 4.31. The van der Waals surface area contributed by atoms with Crippen LogP contribution in [-0.4, -0.2) is 88.4 Å². The monoisotopic (exact) mass is 586 g/mol. The molecule has 5 heterocycles. The van der Waals surface area contributed by atoms with E-state index in [9.17, 15) is 4.79 Å². The Morgan fingerprint density at radius 3 is 2.51 bits per heavy atom. The molecule has 1 saturated heterocycles. The zero-order valence-corrected chi connectivity index (χ0v) is 25.3. The lowest BCUT2D eigenvalue weighted by Crippen LogP contribution is -2.50. The summed E-state index contributed by atoms with van der Waals surface area (Å²) >= 11 is 0. The van der Waals surface area contributed by atoms with Gasteiger partial charge in [-0.1, -0.05) is 12.1 Å². The molecule has 0 saturated carbocycles. The molecule has 1 amide bonds. The third-order valence-electron chi connectivity index (χ3n) is 7.84. The van der Waals surface area contributed by atoms with Crippen LogP contribution in [0.3, 0.4) is 0 Å². The summed E-state index contributed by atoms with van der Waals surface area (Å²) < 4.78 is 16.4. The highest BCUT2D eigenvalue weighted by atomic mass is 16.7. The molecule has 3 aromatic heterocycles. The number of amides is 1. The van der Waals surface area contributed by atoms with Crippen molar-refractivity contribution in [2.75, 3.05) is 56.4 Å². The Morgan fingerprint density at radius 2 is 1.79 bits per heavy atom. The predicted octanol–water partition coefficient (Wildman–Crippen LogP) is 4.58. The predicted molar refractivity (Wildman–Crippen MR) is 163 cm³/mol. The lowest BCUT2D eigenvalue weighted by molar-refractivity contribution is 0.0240. The number of para-hydroxylation sites is 1. The summed E-state index contributed by atoms with van der Waals surface area (Å²) in [5.74, 6) is 1.38. The van der Waals surface area contributed by atoms with E-state index in [1.807, 2.05) is 57.4 Å². The van der Waals surface area contributed by atoms with Gasteiger partial charge in [0, 0.05) is 68.5 Å². The quantitative estimate of drug-likeness (QED) is 0.321. The second-order valence-corrected chi connectivity index (χ2v) is 11.9. The fourth-order valence-corrected chi connectivity index (χ4v) is 5.75. The molecule has 0 bridgehead atoms. The maximum Gasteiger partial charge on any atom is 0.410 e. The van der Waals surface area contributed by atoms with Crippen LogP contribution >= 0.6 is 0 Å². The summed E-state index contributed by atoms with van der Waals surface area (Å²) in [7, 11) is 1.60. The molecule has 0 unspecified atom stereocenters. The first-order chi connectivity index (χ1) is 20.7. The molecular weight excluding hydrogens is 548 g/mol. The largest absolute Gasteiger partial charge is 0.467 e. The zero-order valence-electron chi connectivity index (χ0n) is 25.3.